The fraction of sp³-hybridized carbons (Fsp3) is 0.417. The highest BCUT2D eigenvalue weighted by molar-refractivity contribution is 7.84. The molecule has 0 fully saturated rings. The van der Waals surface area contributed by atoms with Crippen molar-refractivity contribution in [2.75, 3.05) is 7.11 Å². The van der Waals surface area contributed by atoms with Crippen LogP contribution in [-0.2, 0) is 21.3 Å². The number of hydrogen-bond donors (Lipinski definition) is 1. The maximum Gasteiger partial charge on any atom is 0.304 e. The van der Waals surface area contributed by atoms with Crippen molar-refractivity contribution >= 4 is 16.8 Å². The Balaban J connectivity index is 2.79. The summed E-state index contributed by atoms with van der Waals surface area (Å²) in [6.45, 7) is 1.57. The van der Waals surface area contributed by atoms with Crippen LogP contribution in [0.5, 0.6) is 5.75 Å². The van der Waals surface area contributed by atoms with Crippen molar-refractivity contribution in [1.29, 1.82) is 0 Å². The van der Waals surface area contributed by atoms with Crippen LogP contribution >= 0.6 is 0 Å². The van der Waals surface area contributed by atoms with Gasteiger partial charge in [0.1, 0.15) is 0 Å². The van der Waals surface area contributed by atoms with Gasteiger partial charge in [0.25, 0.3) is 0 Å². The number of benzene rings is 1. The zero-order chi connectivity index (χ0) is 13.7. The molecule has 0 heterocycles. The number of rotatable bonds is 6. The van der Waals surface area contributed by atoms with Crippen LogP contribution in [0.4, 0.5) is 4.39 Å². The number of halogens is 1. The van der Waals surface area contributed by atoms with Crippen LogP contribution in [0.3, 0.4) is 0 Å². The molecule has 2 atom stereocenters. The topological polar surface area (TPSA) is 63.6 Å². The number of carbonyl (C=O) groups is 1. The highest BCUT2D eigenvalue weighted by atomic mass is 32.2. The molecule has 1 N–H and O–H groups in total. The molecule has 0 saturated heterocycles. The van der Waals surface area contributed by atoms with E-state index < -0.39 is 27.8 Å². The molecular weight excluding hydrogens is 259 g/mol. The van der Waals surface area contributed by atoms with Gasteiger partial charge in [0.05, 0.1) is 19.3 Å². The second-order valence-electron chi connectivity index (χ2n) is 3.87. The van der Waals surface area contributed by atoms with E-state index >= 15 is 0 Å². The third-order valence-electron chi connectivity index (χ3n) is 2.47. The van der Waals surface area contributed by atoms with E-state index in [1.54, 1.807) is 13.0 Å². The van der Waals surface area contributed by atoms with Gasteiger partial charge < -0.3 is 9.84 Å². The van der Waals surface area contributed by atoms with Crippen molar-refractivity contribution in [2.45, 2.75) is 24.3 Å². The summed E-state index contributed by atoms with van der Waals surface area (Å²) < 4.78 is 30.4. The Labute approximate surface area is 107 Å². The first-order valence-corrected chi connectivity index (χ1v) is 6.74. The van der Waals surface area contributed by atoms with Gasteiger partial charge in [-0.15, -0.1) is 0 Å². The predicted octanol–water partition coefficient (Wildman–Crippen LogP) is 1.95. The third-order valence-corrected chi connectivity index (χ3v) is 4.13. The number of ether oxygens (including phenoxy) is 1. The van der Waals surface area contributed by atoms with E-state index in [2.05, 4.69) is 0 Å². The molecule has 0 aliphatic heterocycles. The van der Waals surface area contributed by atoms with Gasteiger partial charge in [0.2, 0.25) is 0 Å². The molecule has 2 unspecified atom stereocenters. The SMILES string of the molecule is COc1cccc(CS(=O)C(C)CC(=O)O)c1F. The Morgan fingerprint density at radius 1 is 1.56 bits per heavy atom. The number of methoxy groups -OCH3 is 1. The maximum absolute atomic E-state index is 13.8. The molecule has 0 aliphatic carbocycles. The number of carboxylic acids is 1. The highest BCUT2D eigenvalue weighted by Crippen LogP contribution is 2.22. The van der Waals surface area contributed by atoms with Gasteiger partial charge in [-0.1, -0.05) is 19.1 Å². The minimum atomic E-state index is -1.43. The van der Waals surface area contributed by atoms with Crippen LogP contribution in [0.25, 0.3) is 0 Å². The van der Waals surface area contributed by atoms with Crippen molar-refractivity contribution < 1.29 is 23.2 Å². The van der Waals surface area contributed by atoms with Crippen LogP contribution in [0.2, 0.25) is 0 Å². The lowest BCUT2D eigenvalue weighted by Gasteiger charge is -2.11. The lowest BCUT2D eigenvalue weighted by molar-refractivity contribution is -0.136. The van der Waals surface area contributed by atoms with E-state index in [-0.39, 0.29) is 23.5 Å². The quantitative estimate of drug-likeness (QED) is 0.861. The molecule has 1 aromatic carbocycles. The normalized spacial score (nSPS) is 13.9. The summed E-state index contributed by atoms with van der Waals surface area (Å²) in [4.78, 5) is 10.5. The molecule has 18 heavy (non-hydrogen) atoms. The van der Waals surface area contributed by atoms with E-state index in [9.17, 15) is 13.4 Å². The van der Waals surface area contributed by atoms with E-state index in [0.29, 0.717) is 0 Å². The second kappa shape index (κ2) is 6.49. The summed E-state index contributed by atoms with van der Waals surface area (Å²) in [5, 5.41) is 8.09. The smallest absolute Gasteiger partial charge is 0.304 e. The fourth-order valence-corrected chi connectivity index (χ4v) is 2.60. The van der Waals surface area contributed by atoms with Crippen LogP contribution in [0.1, 0.15) is 18.9 Å². The Morgan fingerprint density at radius 3 is 2.78 bits per heavy atom. The summed E-state index contributed by atoms with van der Waals surface area (Å²) in [7, 11) is -0.0799. The van der Waals surface area contributed by atoms with Gasteiger partial charge in [-0.2, -0.15) is 0 Å². The van der Waals surface area contributed by atoms with Gasteiger partial charge >= 0.3 is 5.97 Å². The molecule has 0 amide bonds. The molecule has 0 aromatic heterocycles. The van der Waals surface area contributed by atoms with Crippen molar-refractivity contribution in [1.82, 2.24) is 0 Å². The van der Waals surface area contributed by atoms with E-state index in [1.807, 2.05) is 0 Å². The number of aliphatic carboxylic acids is 1. The first-order valence-electron chi connectivity index (χ1n) is 5.36. The van der Waals surface area contributed by atoms with Crippen LogP contribution < -0.4 is 4.74 Å². The van der Waals surface area contributed by atoms with Gasteiger partial charge in [-0.25, -0.2) is 4.39 Å². The summed E-state index contributed by atoms with van der Waals surface area (Å²) in [5.41, 5.74) is 0.268. The molecule has 0 spiro atoms. The van der Waals surface area contributed by atoms with Crippen molar-refractivity contribution in [3.8, 4) is 5.75 Å². The van der Waals surface area contributed by atoms with Gasteiger partial charge in [-0.05, 0) is 6.07 Å². The molecule has 4 nitrogen and oxygen atoms in total. The summed E-state index contributed by atoms with van der Waals surface area (Å²) >= 11 is 0. The molecule has 0 bridgehead atoms. The predicted molar refractivity (Wildman–Crippen MR) is 66.5 cm³/mol. The lowest BCUT2D eigenvalue weighted by atomic mass is 10.2. The molecule has 0 radical (unpaired) electrons. The molecule has 1 rings (SSSR count). The first-order chi connectivity index (χ1) is 8.45. The lowest BCUT2D eigenvalue weighted by Crippen LogP contribution is -2.17. The van der Waals surface area contributed by atoms with Gasteiger partial charge in [0, 0.05) is 21.6 Å². The average Bonchev–Trinajstić information content (AvgIpc) is 2.30. The van der Waals surface area contributed by atoms with E-state index in [1.165, 1.54) is 19.2 Å². The van der Waals surface area contributed by atoms with E-state index in [4.69, 9.17) is 9.84 Å². The Morgan fingerprint density at radius 2 is 2.22 bits per heavy atom. The monoisotopic (exact) mass is 274 g/mol. The largest absolute Gasteiger partial charge is 0.494 e. The average molecular weight is 274 g/mol. The van der Waals surface area contributed by atoms with E-state index in [0.717, 1.165) is 0 Å². The Hall–Kier alpha value is -1.43. The van der Waals surface area contributed by atoms with Gasteiger partial charge in [-0.3, -0.25) is 9.00 Å². The molecule has 1 aromatic rings. The fourth-order valence-electron chi connectivity index (χ4n) is 1.46. The maximum atomic E-state index is 13.8. The third kappa shape index (κ3) is 3.80. The van der Waals surface area contributed by atoms with Gasteiger partial charge in [0.15, 0.2) is 11.6 Å². The van der Waals surface area contributed by atoms with Crippen molar-refractivity contribution in [2.24, 2.45) is 0 Å². The second-order valence-corrected chi connectivity index (χ2v) is 5.72. The molecule has 6 heteroatoms. The zero-order valence-electron chi connectivity index (χ0n) is 10.2. The number of carboxylic acid groups (broad SMARTS) is 1. The molecule has 100 valence electrons. The molecular formula is C12H15FO4S. The zero-order valence-corrected chi connectivity index (χ0v) is 11.0. The van der Waals surface area contributed by atoms with Crippen LogP contribution in [-0.4, -0.2) is 27.6 Å². The van der Waals surface area contributed by atoms with Crippen molar-refractivity contribution in [3.05, 3.63) is 29.6 Å². The summed E-state index contributed by atoms with van der Waals surface area (Å²) in [6.07, 6.45) is -0.196. The Kier molecular flexibility index (Phi) is 5.27. The Bertz CT molecular complexity index is 461. The number of hydrogen-bond acceptors (Lipinski definition) is 3. The van der Waals surface area contributed by atoms with Crippen LogP contribution in [0.15, 0.2) is 18.2 Å². The molecule has 0 aliphatic rings. The first kappa shape index (κ1) is 14.6. The minimum absolute atomic E-state index is 0.0164. The summed E-state index contributed by atoms with van der Waals surface area (Å²) in [5.74, 6) is -1.48. The van der Waals surface area contributed by atoms with Crippen molar-refractivity contribution in [3.63, 3.8) is 0 Å². The van der Waals surface area contributed by atoms with Crippen LogP contribution in [0, 0.1) is 5.82 Å². The minimum Gasteiger partial charge on any atom is -0.494 e. The molecule has 0 saturated carbocycles. The highest BCUT2D eigenvalue weighted by Gasteiger charge is 2.18. The summed E-state index contributed by atoms with van der Waals surface area (Å²) in [6, 6.07) is 4.60. The standard InChI is InChI=1S/C12H15FO4S/c1-8(6-11(14)15)18(16)7-9-4-3-5-10(17-2)12(9)13/h3-5,8H,6-7H2,1-2H3,(H,14,15).